The van der Waals surface area contributed by atoms with Crippen molar-refractivity contribution in [1.29, 1.82) is 0 Å². The van der Waals surface area contributed by atoms with Crippen molar-refractivity contribution in [3.05, 3.63) is 0 Å². The fourth-order valence-corrected chi connectivity index (χ4v) is 2.76. The summed E-state index contributed by atoms with van der Waals surface area (Å²) in [4.78, 5) is 12.1. The zero-order valence-electron chi connectivity index (χ0n) is 15.7. The second-order valence-electron chi connectivity index (χ2n) is 7.68. The summed E-state index contributed by atoms with van der Waals surface area (Å²) in [6.07, 6.45) is 4.96. The van der Waals surface area contributed by atoms with Gasteiger partial charge < -0.3 is 15.2 Å². The lowest BCUT2D eigenvalue weighted by atomic mass is 9.79. The number of unbranched alkanes of at least 4 members (excludes halogenated alkanes) is 2. The summed E-state index contributed by atoms with van der Waals surface area (Å²) in [5, 5.41) is 14.1. The Morgan fingerprint density at radius 1 is 1.09 bits per heavy atom. The smallest absolute Gasteiger partial charge is 0.407 e. The Morgan fingerprint density at radius 3 is 1.86 bits per heavy atom. The molecular formula is C18H37NO3. The minimum Gasteiger partial charge on any atom is -0.444 e. The Bertz CT molecular complexity index is 313. The van der Waals surface area contributed by atoms with Gasteiger partial charge in [0.25, 0.3) is 0 Å². The second kappa shape index (κ2) is 9.39. The molecule has 2 N–H and O–H groups in total. The second-order valence-corrected chi connectivity index (χ2v) is 7.68. The average Bonchev–Trinajstić information content (AvgIpc) is 2.38. The molecule has 0 radical (unpaired) electrons. The number of carbonyl (C=O) groups excluding carboxylic acids is 1. The number of alkyl carbamates (subject to hydrolysis) is 1. The van der Waals surface area contributed by atoms with Crippen molar-refractivity contribution in [2.75, 3.05) is 0 Å². The third-order valence-electron chi connectivity index (χ3n) is 3.84. The third kappa shape index (κ3) is 8.02. The fraction of sp³-hybridized carbons (Fsp3) is 0.944. The molecule has 0 rings (SSSR count). The molecule has 0 aromatic heterocycles. The van der Waals surface area contributed by atoms with E-state index in [2.05, 4.69) is 19.2 Å². The average molecular weight is 315 g/mol. The molecule has 0 saturated carbocycles. The SMILES string of the molecule is CCCCC(O)(CCCC)[C@@H](NC(=O)OC(C)(C)C)C(C)C. The molecule has 0 unspecified atom stereocenters. The first-order valence-corrected chi connectivity index (χ1v) is 8.77. The van der Waals surface area contributed by atoms with Crippen LogP contribution in [0.5, 0.6) is 0 Å². The maximum absolute atomic E-state index is 12.1. The molecule has 22 heavy (non-hydrogen) atoms. The van der Waals surface area contributed by atoms with Gasteiger partial charge in [-0.1, -0.05) is 53.4 Å². The Hall–Kier alpha value is -0.770. The van der Waals surface area contributed by atoms with Crippen LogP contribution in [0.2, 0.25) is 0 Å². The molecule has 4 nitrogen and oxygen atoms in total. The van der Waals surface area contributed by atoms with E-state index < -0.39 is 17.3 Å². The van der Waals surface area contributed by atoms with Gasteiger partial charge in [-0.15, -0.1) is 0 Å². The fourth-order valence-electron chi connectivity index (χ4n) is 2.76. The van der Waals surface area contributed by atoms with Gasteiger partial charge >= 0.3 is 6.09 Å². The van der Waals surface area contributed by atoms with Crippen LogP contribution in [0, 0.1) is 5.92 Å². The first-order chi connectivity index (χ1) is 10.1. The van der Waals surface area contributed by atoms with E-state index in [0.29, 0.717) is 12.8 Å². The first-order valence-electron chi connectivity index (χ1n) is 8.77. The maximum atomic E-state index is 12.1. The van der Waals surface area contributed by atoms with Gasteiger partial charge in [0.05, 0.1) is 11.6 Å². The Morgan fingerprint density at radius 2 is 1.55 bits per heavy atom. The van der Waals surface area contributed by atoms with Gasteiger partial charge in [0.1, 0.15) is 5.60 Å². The van der Waals surface area contributed by atoms with Crippen molar-refractivity contribution in [2.24, 2.45) is 5.92 Å². The van der Waals surface area contributed by atoms with Crippen LogP contribution in [-0.2, 0) is 4.74 Å². The quantitative estimate of drug-likeness (QED) is 0.651. The number of hydrogen-bond donors (Lipinski definition) is 2. The molecule has 0 bridgehead atoms. The van der Waals surface area contributed by atoms with Gasteiger partial charge in [-0.2, -0.15) is 0 Å². The van der Waals surface area contributed by atoms with Crippen molar-refractivity contribution in [3.63, 3.8) is 0 Å². The third-order valence-corrected chi connectivity index (χ3v) is 3.84. The lowest BCUT2D eigenvalue weighted by Crippen LogP contribution is -2.56. The van der Waals surface area contributed by atoms with Crippen LogP contribution < -0.4 is 5.32 Å². The lowest BCUT2D eigenvalue weighted by Gasteiger charge is -2.39. The lowest BCUT2D eigenvalue weighted by molar-refractivity contribution is -0.0363. The van der Waals surface area contributed by atoms with E-state index in [9.17, 15) is 9.90 Å². The van der Waals surface area contributed by atoms with Crippen molar-refractivity contribution < 1.29 is 14.6 Å². The number of hydrogen-bond acceptors (Lipinski definition) is 3. The molecule has 4 heteroatoms. The van der Waals surface area contributed by atoms with Gasteiger partial charge in [0.15, 0.2) is 0 Å². The van der Waals surface area contributed by atoms with Crippen LogP contribution >= 0.6 is 0 Å². The largest absolute Gasteiger partial charge is 0.444 e. The molecule has 0 aliphatic rings. The van der Waals surface area contributed by atoms with Crippen LogP contribution in [0.4, 0.5) is 4.79 Å². The van der Waals surface area contributed by atoms with Crippen molar-refractivity contribution in [3.8, 4) is 0 Å². The monoisotopic (exact) mass is 315 g/mol. The highest BCUT2D eigenvalue weighted by atomic mass is 16.6. The number of ether oxygens (including phenoxy) is 1. The molecular weight excluding hydrogens is 278 g/mol. The summed E-state index contributed by atoms with van der Waals surface area (Å²) in [6.45, 7) is 13.8. The molecule has 132 valence electrons. The van der Waals surface area contributed by atoms with Gasteiger partial charge in [-0.3, -0.25) is 0 Å². The molecule has 0 saturated heterocycles. The normalized spacial score (nSPS) is 14.0. The number of aliphatic hydroxyl groups is 1. The van der Waals surface area contributed by atoms with Gasteiger partial charge in [0, 0.05) is 0 Å². The number of carbonyl (C=O) groups is 1. The Kier molecular flexibility index (Phi) is 9.06. The first kappa shape index (κ1) is 21.2. The van der Waals surface area contributed by atoms with E-state index in [1.807, 2.05) is 34.6 Å². The molecule has 0 heterocycles. The van der Waals surface area contributed by atoms with Crippen LogP contribution in [0.3, 0.4) is 0 Å². The van der Waals surface area contributed by atoms with Crippen LogP contribution in [0.1, 0.15) is 87.0 Å². The van der Waals surface area contributed by atoms with E-state index in [-0.39, 0.29) is 12.0 Å². The van der Waals surface area contributed by atoms with Crippen LogP contribution in [-0.4, -0.2) is 28.4 Å². The summed E-state index contributed by atoms with van der Waals surface area (Å²) < 4.78 is 5.36. The zero-order valence-corrected chi connectivity index (χ0v) is 15.7. The molecule has 1 amide bonds. The standard InChI is InChI=1S/C18H37NO3/c1-8-10-12-18(21,13-11-9-2)15(14(3)4)19-16(20)22-17(5,6)7/h14-15,21H,8-13H2,1-7H3,(H,19,20)/t15-/m0/s1. The van der Waals surface area contributed by atoms with E-state index in [0.717, 1.165) is 25.7 Å². The predicted octanol–water partition coefficient (Wildman–Crippen LogP) is 4.65. The van der Waals surface area contributed by atoms with E-state index in [1.54, 1.807) is 0 Å². The Labute approximate surface area is 137 Å². The summed E-state index contributed by atoms with van der Waals surface area (Å²) in [5.74, 6) is 0.145. The highest BCUT2D eigenvalue weighted by Crippen LogP contribution is 2.29. The molecule has 0 aromatic rings. The summed E-state index contributed by atoms with van der Waals surface area (Å²) in [7, 11) is 0. The molecule has 1 atom stereocenters. The van der Waals surface area contributed by atoms with Gasteiger partial charge in [-0.05, 0) is 39.5 Å². The summed E-state index contributed by atoms with van der Waals surface area (Å²) in [6, 6.07) is -0.291. The van der Waals surface area contributed by atoms with Crippen molar-refractivity contribution >= 4 is 6.09 Å². The molecule has 0 aromatic carbocycles. The zero-order chi connectivity index (χ0) is 17.4. The van der Waals surface area contributed by atoms with E-state index in [1.165, 1.54) is 0 Å². The summed E-state index contributed by atoms with van der Waals surface area (Å²) >= 11 is 0. The number of rotatable bonds is 9. The molecule has 0 spiro atoms. The van der Waals surface area contributed by atoms with Crippen molar-refractivity contribution in [2.45, 2.75) is 104 Å². The molecule has 0 fully saturated rings. The van der Waals surface area contributed by atoms with Crippen molar-refractivity contribution in [1.82, 2.24) is 5.32 Å². The highest BCUT2D eigenvalue weighted by Gasteiger charge is 2.39. The maximum Gasteiger partial charge on any atom is 0.407 e. The number of nitrogens with one attached hydrogen (secondary N) is 1. The van der Waals surface area contributed by atoms with Crippen LogP contribution in [0.25, 0.3) is 0 Å². The molecule has 0 aliphatic carbocycles. The van der Waals surface area contributed by atoms with Crippen LogP contribution in [0.15, 0.2) is 0 Å². The topological polar surface area (TPSA) is 58.6 Å². The highest BCUT2D eigenvalue weighted by molar-refractivity contribution is 5.68. The minimum atomic E-state index is -0.864. The molecule has 0 aliphatic heterocycles. The number of amides is 1. The summed E-state index contributed by atoms with van der Waals surface area (Å²) in [5.41, 5.74) is -1.40. The predicted molar refractivity (Wildman–Crippen MR) is 92.0 cm³/mol. The van der Waals surface area contributed by atoms with E-state index >= 15 is 0 Å². The minimum absolute atomic E-state index is 0.145. The van der Waals surface area contributed by atoms with E-state index in [4.69, 9.17) is 4.74 Å². The Balaban J connectivity index is 5.07. The van der Waals surface area contributed by atoms with Gasteiger partial charge in [0.2, 0.25) is 0 Å². The van der Waals surface area contributed by atoms with Gasteiger partial charge in [-0.25, -0.2) is 4.79 Å².